The summed E-state index contributed by atoms with van der Waals surface area (Å²) < 4.78 is 50.4. The van der Waals surface area contributed by atoms with Crippen LogP contribution in [0.4, 0.5) is 10.5 Å². The fourth-order valence-electron chi connectivity index (χ4n) is 6.10. The van der Waals surface area contributed by atoms with Gasteiger partial charge in [0.2, 0.25) is 10.0 Å². The summed E-state index contributed by atoms with van der Waals surface area (Å²) in [6, 6.07) is 27.3. The minimum atomic E-state index is -4.01. The van der Waals surface area contributed by atoms with Gasteiger partial charge in [-0.15, -0.1) is 0 Å². The number of carbonyl (C=O) groups is 2. The predicted octanol–water partition coefficient (Wildman–Crippen LogP) is 6.36. The minimum absolute atomic E-state index is 0.0236. The molecule has 0 heterocycles. The smallest absolute Gasteiger partial charge is 0.407 e. The molecule has 0 radical (unpaired) electrons. The molecule has 0 aromatic heterocycles. The van der Waals surface area contributed by atoms with Crippen molar-refractivity contribution in [2.75, 3.05) is 47.1 Å². The SMILES string of the molecule is COc1ccc(CCCc2cccc(OCCNC(=O)COC(=O)N[C@H](CCN(CC(C)C)S(=O)(=O)c3ccc([N+](=O)[O-])cc3)Cc3ccccc3)c2)cc1OC. The lowest BCUT2D eigenvalue weighted by molar-refractivity contribution is -0.384. The van der Waals surface area contributed by atoms with E-state index in [1.807, 2.05) is 86.6 Å². The third-order valence-electron chi connectivity index (χ3n) is 8.93. The van der Waals surface area contributed by atoms with Gasteiger partial charge in [0.15, 0.2) is 18.1 Å². The van der Waals surface area contributed by atoms with Crippen LogP contribution < -0.4 is 24.8 Å². The molecule has 0 aliphatic rings. The van der Waals surface area contributed by atoms with Crippen molar-refractivity contribution in [2.24, 2.45) is 5.92 Å². The molecule has 0 saturated heterocycles. The molecule has 57 heavy (non-hydrogen) atoms. The Labute approximate surface area is 334 Å². The summed E-state index contributed by atoms with van der Waals surface area (Å²) in [5.74, 6) is 1.55. The molecule has 0 aliphatic carbocycles. The van der Waals surface area contributed by atoms with Crippen LogP contribution in [0.15, 0.2) is 102 Å². The molecule has 0 unspecified atom stereocenters. The number of alkyl carbamates (subject to hydrolysis) is 1. The second kappa shape index (κ2) is 22.2. The molecule has 0 saturated carbocycles. The number of amides is 2. The molecule has 4 rings (SSSR count). The maximum atomic E-state index is 13.6. The Kier molecular flexibility index (Phi) is 17.1. The zero-order chi connectivity index (χ0) is 41.2. The van der Waals surface area contributed by atoms with Crippen molar-refractivity contribution >= 4 is 27.7 Å². The number of benzene rings is 4. The second-order valence-corrected chi connectivity index (χ2v) is 15.7. The van der Waals surface area contributed by atoms with Crippen LogP contribution >= 0.6 is 0 Å². The van der Waals surface area contributed by atoms with Crippen LogP contribution in [0.2, 0.25) is 0 Å². The number of nitrogens with zero attached hydrogens (tertiary/aromatic N) is 2. The first-order chi connectivity index (χ1) is 27.4. The van der Waals surface area contributed by atoms with Crippen molar-refractivity contribution in [1.82, 2.24) is 14.9 Å². The van der Waals surface area contributed by atoms with Crippen molar-refractivity contribution in [3.8, 4) is 17.2 Å². The first-order valence-corrected chi connectivity index (χ1v) is 20.2. The fraction of sp³-hybridized carbons (Fsp3) is 0.381. The zero-order valence-electron chi connectivity index (χ0n) is 32.8. The molecule has 306 valence electrons. The number of non-ortho nitro benzene ring substituents is 1. The van der Waals surface area contributed by atoms with Gasteiger partial charge in [-0.2, -0.15) is 4.31 Å². The molecular formula is C42H52N4O10S. The minimum Gasteiger partial charge on any atom is -0.493 e. The number of rotatable bonds is 23. The number of carbonyl (C=O) groups excluding carboxylic acids is 2. The van der Waals surface area contributed by atoms with Crippen LogP contribution in [0.25, 0.3) is 0 Å². The number of methoxy groups -OCH3 is 2. The Bertz CT molecular complexity index is 2010. The molecule has 2 N–H and O–H groups in total. The zero-order valence-corrected chi connectivity index (χ0v) is 33.7. The Hall–Kier alpha value is -5.67. The van der Waals surface area contributed by atoms with Crippen LogP contribution in [0.1, 0.15) is 43.4 Å². The highest BCUT2D eigenvalue weighted by Gasteiger charge is 2.27. The van der Waals surface area contributed by atoms with Gasteiger partial charge in [-0.05, 0) is 91.1 Å². The number of nitro groups is 1. The number of aryl methyl sites for hydroxylation is 2. The number of hydrogen-bond acceptors (Lipinski definition) is 10. The van der Waals surface area contributed by atoms with Gasteiger partial charge < -0.3 is 29.6 Å². The van der Waals surface area contributed by atoms with Gasteiger partial charge in [0.1, 0.15) is 12.4 Å². The van der Waals surface area contributed by atoms with Gasteiger partial charge in [0.25, 0.3) is 11.6 Å². The van der Waals surface area contributed by atoms with Crippen LogP contribution in [0, 0.1) is 16.0 Å². The third-order valence-corrected chi connectivity index (χ3v) is 10.8. The summed E-state index contributed by atoms with van der Waals surface area (Å²) in [5, 5.41) is 16.6. The average molecular weight is 805 g/mol. The van der Waals surface area contributed by atoms with Crippen molar-refractivity contribution in [3.05, 3.63) is 124 Å². The molecule has 0 spiro atoms. The highest BCUT2D eigenvalue weighted by Crippen LogP contribution is 2.28. The molecule has 1 atom stereocenters. The Morgan fingerprint density at radius 1 is 0.842 bits per heavy atom. The average Bonchev–Trinajstić information content (AvgIpc) is 3.20. The van der Waals surface area contributed by atoms with E-state index in [1.165, 1.54) is 16.4 Å². The van der Waals surface area contributed by atoms with Crippen molar-refractivity contribution in [1.29, 1.82) is 0 Å². The summed E-state index contributed by atoms with van der Waals surface area (Å²) in [6.45, 7) is 3.90. The van der Waals surface area contributed by atoms with E-state index in [0.29, 0.717) is 23.7 Å². The quantitative estimate of drug-likeness (QED) is 0.0488. The third kappa shape index (κ3) is 14.4. The molecule has 4 aromatic carbocycles. The first kappa shape index (κ1) is 44.0. The molecule has 0 fully saturated rings. The van der Waals surface area contributed by atoms with E-state index in [-0.39, 0.29) is 49.2 Å². The van der Waals surface area contributed by atoms with Crippen molar-refractivity contribution in [2.45, 2.75) is 56.9 Å². The maximum Gasteiger partial charge on any atom is 0.407 e. The summed E-state index contributed by atoms with van der Waals surface area (Å²) in [6.07, 6.45) is 2.44. The topological polar surface area (TPSA) is 176 Å². The van der Waals surface area contributed by atoms with Crippen molar-refractivity contribution < 1.29 is 41.9 Å². The van der Waals surface area contributed by atoms with Crippen LogP contribution in [0.5, 0.6) is 17.2 Å². The Morgan fingerprint density at radius 3 is 2.19 bits per heavy atom. The first-order valence-electron chi connectivity index (χ1n) is 18.8. The fourth-order valence-corrected chi connectivity index (χ4v) is 7.72. The summed E-state index contributed by atoms with van der Waals surface area (Å²) in [5.41, 5.74) is 2.98. The normalized spacial score (nSPS) is 11.8. The van der Waals surface area contributed by atoms with Gasteiger partial charge in [-0.1, -0.05) is 62.4 Å². The van der Waals surface area contributed by atoms with Crippen molar-refractivity contribution in [3.63, 3.8) is 0 Å². The molecule has 4 aromatic rings. The van der Waals surface area contributed by atoms with Gasteiger partial charge in [0.05, 0.1) is 30.6 Å². The van der Waals surface area contributed by atoms with Crippen LogP contribution in [-0.4, -0.2) is 82.8 Å². The predicted molar refractivity (Wildman–Crippen MR) is 216 cm³/mol. The van der Waals surface area contributed by atoms with E-state index in [4.69, 9.17) is 18.9 Å². The summed E-state index contributed by atoms with van der Waals surface area (Å²) >= 11 is 0. The number of nitro benzene ring substituents is 1. The van der Waals surface area contributed by atoms with E-state index in [0.717, 1.165) is 48.1 Å². The standard InChI is InChI=1S/C42H52N4O10S/c1-31(2)29-45(57(51,52)38-19-17-36(18-20-38)46(49)50)24-22-35(26-32-10-6-5-7-11-32)44-42(48)56-30-41(47)43-23-25-55-37-15-9-14-33(27-37)12-8-13-34-16-21-39(53-3)40(28-34)54-4/h5-7,9-11,14-21,27-28,31,35H,8,12-13,22-26,29-30H2,1-4H3,(H,43,47)(H,44,48)/t35-/m1/s1. The molecule has 15 heteroatoms. The maximum absolute atomic E-state index is 13.6. The molecular weight excluding hydrogens is 753 g/mol. The van der Waals surface area contributed by atoms with Crippen LogP contribution in [-0.2, 0) is 38.8 Å². The van der Waals surface area contributed by atoms with E-state index >= 15 is 0 Å². The summed E-state index contributed by atoms with van der Waals surface area (Å²) in [7, 11) is -0.776. The van der Waals surface area contributed by atoms with E-state index in [9.17, 15) is 28.1 Å². The summed E-state index contributed by atoms with van der Waals surface area (Å²) in [4.78, 5) is 35.9. The molecule has 14 nitrogen and oxygen atoms in total. The number of nitrogens with one attached hydrogen (secondary N) is 2. The molecule has 2 amide bonds. The number of ether oxygens (including phenoxy) is 4. The van der Waals surface area contributed by atoms with E-state index < -0.39 is 39.6 Å². The Balaban J connectivity index is 1.24. The number of hydrogen-bond donors (Lipinski definition) is 2. The van der Waals surface area contributed by atoms with E-state index in [1.54, 1.807) is 14.2 Å². The van der Waals surface area contributed by atoms with Crippen LogP contribution in [0.3, 0.4) is 0 Å². The molecule has 0 aliphatic heterocycles. The largest absolute Gasteiger partial charge is 0.493 e. The van der Waals surface area contributed by atoms with Gasteiger partial charge >= 0.3 is 6.09 Å². The lowest BCUT2D eigenvalue weighted by Gasteiger charge is -2.27. The van der Waals surface area contributed by atoms with Gasteiger partial charge in [-0.3, -0.25) is 14.9 Å². The lowest BCUT2D eigenvalue weighted by Crippen LogP contribution is -2.42. The van der Waals surface area contributed by atoms with E-state index in [2.05, 4.69) is 10.6 Å². The van der Waals surface area contributed by atoms with Gasteiger partial charge in [-0.25, -0.2) is 13.2 Å². The highest BCUT2D eigenvalue weighted by molar-refractivity contribution is 7.89. The lowest BCUT2D eigenvalue weighted by atomic mass is 10.0. The molecule has 0 bridgehead atoms. The number of sulfonamides is 1. The highest BCUT2D eigenvalue weighted by atomic mass is 32.2. The second-order valence-electron chi connectivity index (χ2n) is 13.8. The monoisotopic (exact) mass is 804 g/mol. The Morgan fingerprint density at radius 2 is 1.53 bits per heavy atom. The van der Waals surface area contributed by atoms with Gasteiger partial charge in [0, 0.05) is 31.3 Å².